The predicted molar refractivity (Wildman–Crippen MR) is 42.1 cm³/mol. The Morgan fingerprint density at radius 1 is 0.619 bits per heavy atom. The van der Waals surface area contributed by atoms with Crippen LogP contribution in [0.25, 0.3) is 0 Å². The Morgan fingerprint density at radius 2 is 1.05 bits per heavy atom. The third kappa shape index (κ3) is 4.54. The molecule has 0 rings (SSSR count). The smallest absolute Gasteiger partial charge is 0.316 e. The van der Waals surface area contributed by atoms with Gasteiger partial charge in [-0.3, -0.25) is 0 Å². The van der Waals surface area contributed by atoms with E-state index in [9.17, 15) is 52.7 Å². The van der Waals surface area contributed by atoms with Crippen LogP contribution in [0.4, 0.5) is 52.7 Å². The van der Waals surface area contributed by atoms with Crippen LogP contribution in [0.3, 0.4) is 0 Å². The Bertz CT molecular complexity index is 340. The average molecular weight is 346 g/mol. The predicted octanol–water partition coefficient (Wildman–Crippen LogP) is 4.77. The van der Waals surface area contributed by atoms with Gasteiger partial charge in [-0.15, -0.1) is 0 Å². The Labute approximate surface area is 108 Å². The van der Waals surface area contributed by atoms with E-state index >= 15 is 0 Å². The molecule has 0 aromatic heterocycles. The van der Waals surface area contributed by atoms with E-state index in [0.29, 0.717) is 0 Å². The van der Waals surface area contributed by atoms with Crippen LogP contribution in [-0.4, -0.2) is 36.9 Å². The molecule has 0 unspecified atom stereocenters. The first-order valence-electron chi connectivity index (χ1n) is 4.86. The second kappa shape index (κ2) is 5.72. The lowest BCUT2D eigenvalue weighted by Gasteiger charge is -2.33. The zero-order valence-electron chi connectivity index (χ0n) is 9.57. The monoisotopic (exact) mass is 346 g/mol. The van der Waals surface area contributed by atoms with E-state index in [1.54, 1.807) is 0 Å². The minimum Gasteiger partial charge on any atom is -0.316 e. The second-order valence-electron chi connectivity index (χ2n) is 3.73. The van der Waals surface area contributed by atoms with Gasteiger partial charge in [0.25, 0.3) is 0 Å². The van der Waals surface area contributed by atoms with Gasteiger partial charge in [0.1, 0.15) is 0 Å². The maximum atomic E-state index is 12.6. The highest BCUT2D eigenvalue weighted by molar-refractivity contribution is 4.96. The average Bonchev–Trinajstić information content (AvgIpc) is 2.21. The van der Waals surface area contributed by atoms with Gasteiger partial charge >= 0.3 is 30.3 Å². The highest BCUT2D eigenvalue weighted by Gasteiger charge is 2.82. The van der Waals surface area contributed by atoms with Crippen LogP contribution in [-0.2, 0) is 4.74 Å². The number of hydrogen-bond donors (Lipinski definition) is 0. The van der Waals surface area contributed by atoms with E-state index in [2.05, 4.69) is 4.74 Å². The van der Waals surface area contributed by atoms with Crippen molar-refractivity contribution in [1.29, 1.82) is 0 Å². The van der Waals surface area contributed by atoms with Gasteiger partial charge in [0.15, 0.2) is 0 Å². The summed E-state index contributed by atoms with van der Waals surface area (Å²) >= 11 is 0. The molecular formula is C8H6F12O. The highest BCUT2D eigenvalue weighted by atomic mass is 19.4. The third-order valence-electron chi connectivity index (χ3n) is 2.00. The second-order valence-corrected chi connectivity index (χ2v) is 3.73. The first kappa shape index (κ1) is 20.1. The van der Waals surface area contributed by atoms with Gasteiger partial charge in [-0.2, -0.15) is 52.7 Å². The summed E-state index contributed by atoms with van der Waals surface area (Å²) in [7, 11) is 0. The summed E-state index contributed by atoms with van der Waals surface area (Å²) < 4.78 is 147. The fourth-order valence-corrected chi connectivity index (χ4v) is 0.924. The molecule has 0 aliphatic rings. The number of halogens is 12. The molecule has 0 saturated heterocycles. The Hall–Kier alpha value is -0.880. The van der Waals surface area contributed by atoms with Crippen molar-refractivity contribution in [2.75, 3.05) is 6.61 Å². The topological polar surface area (TPSA) is 9.23 Å². The molecule has 0 radical (unpaired) electrons. The first-order valence-corrected chi connectivity index (χ1v) is 4.86. The maximum absolute atomic E-state index is 12.6. The van der Waals surface area contributed by atoms with Gasteiger partial charge in [-0.25, -0.2) is 0 Å². The van der Waals surface area contributed by atoms with E-state index in [1.807, 2.05) is 0 Å². The van der Waals surface area contributed by atoms with Crippen LogP contribution in [0.1, 0.15) is 12.8 Å². The molecule has 0 heterocycles. The van der Waals surface area contributed by atoms with Crippen molar-refractivity contribution >= 4 is 0 Å². The van der Waals surface area contributed by atoms with E-state index in [-0.39, 0.29) is 0 Å². The minimum atomic E-state index is -7.13. The summed E-state index contributed by atoms with van der Waals surface area (Å²) in [6, 6.07) is 0. The van der Waals surface area contributed by atoms with Crippen molar-refractivity contribution in [3.8, 4) is 0 Å². The van der Waals surface area contributed by atoms with Crippen molar-refractivity contribution in [2.45, 2.75) is 43.1 Å². The van der Waals surface area contributed by atoms with Crippen LogP contribution in [0, 0.1) is 0 Å². The molecule has 0 bridgehead atoms. The lowest BCUT2D eigenvalue weighted by Crippen LogP contribution is -2.61. The molecule has 0 aromatic rings. The number of rotatable bonds is 6. The molecule has 0 fully saturated rings. The highest BCUT2D eigenvalue weighted by Crippen LogP contribution is 2.53. The van der Waals surface area contributed by atoms with Gasteiger partial charge in [0.2, 0.25) is 0 Å². The first-order chi connectivity index (χ1) is 8.96. The Kier molecular flexibility index (Phi) is 5.48. The van der Waals surface area contributed by atoms with Crippen molar-refractivity contribution in [2.24, 2.45) is 0 Å². The van der Waals surface area contributed by atoms with E-state index in [4.69, 9.17) is 0 Å². The number of hydrogen-bond acceptors (Lipinski definition) is 1. The van der Waals surface area contributed by atoms with Gasteiger partial charge in [0, 0.05) is 6.42 Å². The van der Waals surface area contributed by atoms with E-state index in [1.165, 1.54) is 0 Å². The van der Waals surface area contributed by atoms with E-state index < -0.39 is 49.8 Å². The minimum absolute atomic E-state index is 1.33. The molecule has 0 N–H and O–H groups in total. The van der Waals surface area contributed by atoms with Crippen molar-refractivity contribution in [1.82, 2.24) is 0 Å². The SMILES string of the molecule is FC(F)(F)CCCOC(F)(F)C(F)(F)C(F)(F)C(F)(F)F. The Balaban J connectivity index is 4.89. The quantitative estimate of drug-likeness (QED) is 0.497. The molecule has 0 aromatic carbocycles. The van der Waals surface area contributed by atoms with Gasteiger partial charge < -0.3 is 4.74 Å². The third-order valence-corrected chi connectivity index (χ3v) is 2.00. The van der Waals surface area contributed by atoms with Crippen molar-refractivity contribution in [3.63, 3.8) is 0 Å². The fraction of sp³-hybridized carbons (Fsp3) is 1.00. The lowest BCUT2D eigenvalue weighted by molar-refractivity contribution is -0.444. The standard InChI is InChI=1S/C8H6F12O/c9-4(10,11)2-1-3-21-8(19,20)6(14,15)5(12,13)7(16,17)18/h1-3H2. The number of alkyl halides is 12. The largest absolute Gasteiger partial charge is 0.460 e. The molecular weight excluding hydrogens is 340 g/mol. The van der Waals surface area contributed by atoms with Crippen molar-refractivity contribution < 1.29 is 57.4 Å². The summed E-state index contributed by atoms with van der Waals surface area (Å²) in [4.78, 5) is 0. The summed E-state index contributed by atoms with van der Waals surface area (Å²) in [6.07, 6.45) is -21.3. The molecule has 0 amide bonds. The van der Waals surface area contributed by atoms with E-state index in [0.717, 1.165) is 0 Å². The molecule has 1 nitrogen and oxygen atoms in total. The fourth-order valence-electron chi connectivity index (χ4n) is 0.924. The summed E-state index contributed by atoms with van der Waals surface area (Å²) in [5, 5.41) is 0. The molecule has 128 valence electrons. The van der Waals surface area contributed by atoms with Gasteiger partial charge in [-0.05, 0) is 6.42 Å². The van der Waals surface area contributed by atoms with Crippen LogP contribution >= 0.6 is 0 Å². The van der Waals surface area contributed by atoms with Crippen LogP contribution < -0.4 is 0 Å². The molecule has 0 aliphatic heterocycles. The Morgan fingerprint density at radius 3 is 1.38 bits per heavy atom. The van der Waals surface area contributed by atoms with Gasteiger partial charge in [-0.1, -0.05) is 0 Å². The molecule has 0 atom stereocenters. The van der Waals surface area contributed by atoms with Crippen LogP contribution in [0.5, 0.6) is 0 Å². The molecule has 0 saturated carbocycles. The molecule has 0 aliphatic carbocycles. The summed E-state index contributed by atoms with van der Waals surface area (Å²) in [6.45, 7) is -1.80. The van der Waals surface area contributed by atoms with Crippen LogP contribution in [0.2, 0.25) is 0 Å². The summed E-state index contributed by atoms with van der Waals surface area (Å²) in [5.41, 5.74) is 0. The normalized spacial score (nSPS) is 15.4. The van der Waals surface area contributed by atoms with Crippen LogP contribution in [0.15, 0.2) is 0 Å². The summed E-state index contributed by atoms with van der Waals surface area (Å²) in [5.74, 6) is -14.1. The lowest BCUT2D eigenvalue weighted by atomic mass is 10.1. The zero-order valence-corrected chi connectivity index (χ0v) is 9.57. The molecule has 0 spiro atoms. The molecule has 21 heavy (non-hydrogen) atoms. The zero-order chi connectivity index (χ0) is 17.3. The molecule has 13 heteroatoms. The maximum Gasteiger partial charge on any atom is 0.460 e. The van der Waals surface area contributed by atoms with Gasteiger partial charge in [0.05, 0.1) is 6.61 Å². The number of ether oxygens (including phenoxy) is 1. The van der Waals surface area contributed by atoms with Crippen molar-refractivity contribution in [3.05, 3.63) is 0 Å².